The van der Waals surface area contributed by atoms with Gasteiger partial charge in [-0.3, -0.25) is 0 Å². The van der Waals surface area contributed by atoms with E-state index in [2.05, 4.69) is 9.97 Å². The molecule has 0 radical (unpaired) electrons. The molecule has 0 amide bonds. The number of nitrogens with zero attached hydrogens (tertiary/aromatic N) is 2. The van der Waals surface area contributed by atoms with Crippen molar-refractivity contribution >= 4 is 17.4 Å². The number of hydrogen-bond donors (Lipinski definition) is 1. The molecule has 2 N–H and O–H groups in total. The Morgan fingerprint density at radius 3 is 2.75 bits per heavy atom. The average Bonchev–Trinajstić information content (AvgIpc) is 2.22. The summed E-state index contributed by atoms with van der Waals surface area (Å²) in [4.78, 5) is 8.22. The van der Waals surface area contributed by atoms with Crippen LogP contribution in [0.2, 0.25) is 5.02 Å². The van der Waals surface area contributed by atoms with Crippen LogP contribution in [-0.2, 0) is 0 Å². The fourth-order valence-electron chi connectivity index (χ4n) is 1.32. The van der Waals surface area contributed by atoms with E-state index < -0.39 is 0 Å². The van der Waals surface area contributed by atoms with E-state index in [1.165, 1.54) is 18.3 Å². The Bertz CT molecular complexity index is 543. The number of halogens is 2. The standard InChI is InChI=1S/C11H9ClFN3/c1-6-11(14)15-5-10(16-6)8-3-2-7(13)4-9(8)12/h2-5H,1H3,(H2,14,15). The number of aromatic nitrogens is 2. The van der Waals surface area contributed by atoms with Gasteiger partial charge in [-0.25, -0.2) is 14.4 Å². The molecule has 5 heteroatoms. The van der Waals surface area contributed by atoms with E-state index >= 15 is 0 Å². The first-order chi connectivity index (χ1) is 7.58. The van der Waals surface area contributed by atoms with Gasteiger partial charge in [0, 0.05) is 5.56 Å². The zero-order chi connectivity index (χ0) is 11.7. The van der Waals surface area contributed by atoms with Crippen molar-refractivity contribution in [3.8, 4) is 11.3 Å². The van der Waals surface area contributed by atoms with Crippen LogP contribution >= 0.6 is 11.6 Å². The quantitative estimate of drug-likeness (QED) is 0.830. The molecule has 3 nitrogen and oxygen atoms in total. The molecular formula is C11H9ClFN3. The van der Waals surface area contributed by atoms with Crippen molar-refractivity contribution in [2.24, 2.45) is 0 Å². The molecule has 2 aromatic rings. The molecule has 0 unspecified atom stereocenters. The highest BCUT2D eigenvalue weighted by molar-refractivity contribution is 6.33. The van der Waals surface area contributed by atoms with E-state index in [1.807, 2.05) is 0 Å². The number of nitrogen functional groups attached to an aromatic ring is 1. The van der Waals surface area contributed by atoms with E-state index in [1.54, 1.807) is 13.0 Å². The Balaban J connectivity index is 2.54. The molecule has 1 heterocycles. The van der Waals surface area contributed by atoms with Gasteiger partial charge in [0.2, 0.25) is 0 Å². The van der Waals surface area contributed by atoms with Crippen molar-refractivity contribution in [1.29, 1.82) is 0 Å². The van der Waals surface area contributed by atoms with Crippen LogP contribution in [0.3, 0.4) is 0 Å². The third kappa shape index (κ3) is 1.97. The smallest absolute Gasteiger partial charge is 0.144 e. The van der Waals surface area contributed by atoms with Crippen LogP contribution in [0.4, 0.5) is 10.2 Å². The highest BCUT2D eigenvalue weighted by Crippen LogP contribution is 2.27. The number of hydrogen-bond acceptors (Lipinski definition) is 3. The fourth-order valence-corrected chi connectivity index (χ4v) is 1.58. The molecule has 0 aliphatic carbocycles. The normalized spacial score (nSPS) is 10.4. The predicted octanol–water partition coefficient (Wildman–Crippen LogP) is 2.83. The summed E-state index contributed by atoms with van der Waals surface area (Å²) < 4.78 is 12.9. The van der Waals surface area contributed by atoms with Crippen molar-refractivity contribution < 1.29 is 4.39 Å². The molecular weight excluding hydrogens is 229 g/mol. The van der Waals surface area contributed by atoms with Gasteiger partial charge in [-0.15, -0.1) is 0 Å². The maximum atomic E-state index is 12.9. The summed E-state index contributed by atoms with van der Waals surface area (Å²) >= 11 is 5.92. The largest absolute Gasteiger partial charge is 0.382 e. The van der Waals surface area contributed by atoms with E-state index in [0.29, 0.717) is 27.8 Å². The minimum atomic E-state index is -0.381. The molecule has 82 valence electrons. The lowest BCUT2D eigenvalue weighted by molar-refractivity contribution is 0.628. The van der Waals surface area contributed by atoms with Gasteiger partial charge in [0.05, 0.1) is 22.6 Å². The maximum Gasteiger partial charge on any atom is 0.144 e. The van der Waals surface area contributed by atoms with Crippen molar-refractivity contribution in [3.63, 3.8) is 0 Å². The second-order valence-electron chi connectivity index (χ2n) is 3.35. The van der Waals surface area contributed by atoms with Crippen LogP contribution in [0.5, 0.6) is 0 Å². The fraction of sp³-hybridized carbons (Fsp3) is 0.0909. The van der Waals surface area contributed by atoms with Gasteiger partial charge in [0.1, 0.15) is 11.6 Å². The van der Waals surface area contributed by atoms with Crippen molar-refractivity contribution in [3.05, 3.63) is 40.9 Å². The lowest BCUT2D eigenvalue weighted by Crippen LogP contribution is -1.98. The molecule has 1 aromatic carbocycles. The first-order valence-electron chi connectivity index (χ1n) is 4.62. The summed E-state index contributed by atoms with van der Waals surface area (Å²) in [6, 6.07) is 4.14. The van der Waals surface area contributed by atoms with E-state index in [-0.39, 0.29) is 5.82 Å². The minimum Gasteiger partial charge on any atom is -0.382 e. The minimum absolute atomic E-state index is 0.304. The van der Waals surface area contributed by atoms with Crippen LogP contribution in [0.15, 0.2) is 24.4 Å². The number of rotatable bonds is 1. The Labute approximate surface area is 97.1 Å². The molecule has 0 atom stereocenters. The van der Waals surface area contributed by atoms with Crippen LogP contribution in [0.25, 0.3) is 11.3 Å². The summed E-state index contributed by atoms with van der Waals surface area (Å²) in [5.41, 5.74) is 7.40. The van der Waals surface area contributed by atoms with Gasteiger partial charge in [-0.05, 0) is 25.1 Å². The predicted molar refractivity (Wildman–Crippen MR) is 61.6 cm³/mol. The van der Waals surface area contributed by atoms with E-state index in [9.17, 15) is 4.39 Å². The second kappa shape index (κ2) is 4.06. The Morgan fingerprint density at radius 1 is 1.38 bits per heavy atom. The van der Waals surface area contributed by atoms with Crippen LogP contribution in [0.1, 0.15) is 5.69 Å². The highest BCUT2D eigenvalue weighted by atomic mass is 35.5. The Morgan fingerprint density at radius 2 is 2.12 bits per heavy atom. The molecule has 0 bridgehead atoms. The van der Waals surface area contributed by atoms with Crippen molar-refractivity contribution in [1.82, 2.24) is 9.97 Å². The zero-order valence-corrected chi connectivity index (χ0v) is 9.29. The number of nitrogens with two attached hydrogens (primary N) is 1. The SMILES string of the molecule is Cc1nc(-c2ccc(F)cc2Cl)cnc1N. The molecule has 0 fully saturated rings. The van der Waals surface area contributed by atoms with Gasteiger partial charge < -0.3 is 5.73 Å². The number of aryl methyl sites for hydroxylation is 1. The second-order valence-corrected chi connectivity index (χ2v) is 3.76. The molecule has 0 saturated heterocycles. The van der Waals surface area contributed by atoms with Gasteiger partial charge >= 0.3 is 0 Å². The summed E-state index contributed by atoms with van der Waals surface area (Å²) in [5.74, 6) is -0.00383. The van der Waals surface area contributed by atoms with Crippen molar-refractivity contribution in [2.45, 2.75) is 6.92 Å². The monoisotopic (exact) mass is 237 g/mol. The first-order valence-corrected chi connectivity index (χ1v) is 5.00. The maximum absolute atomic E-state index is 12.9. The topological polar surface area (TPSA) is 51.8 Å². The first kappa shape index (κ1) is 10.8. The summed E-state index contributed by atoms with van der Waals surface area (Å²) in [5, 5.41) is 0.304. The third-order valence-electron chi connectivity index (χ3n) is 2.19. The summed E-state index contributed by atoms with van der Waals surface area (Å²) in [6.45, 7) is 1.75. The number of benzene rings is 1. The lowest BCUT2D eigenvalue weighted by atomic mass is 10.1. The molecule has 2 rings (SSSR count). The molecule has 0 spiro atoms. The molecule has 0 aliphatic heterocycles. The Kier molecular flexibility index (Phi) is 2.75. The zero-order valence-electron chi connectivity index (χ0n) is 8.54. The molecule has 1 aromatic heterocycles. The molecule has 0 aliphatic rings. The lowest BCUT2D eigenvalue weighted by Gasteiger charge is -2.05. The third-order valence-corrected chi connectivity index (χ3v) is 2.50. The van der Waals surface area contributed by atoms with Gasteiger partial charge in [-0.2, -0.15) is 0 Å². The van der Waals surface area contributed by atoms with Gasteiger partial charge in [0.25, 0.3) is 0 Å². The number of anilines is 1. The van der Waals surface area contributed by atoms with Crippen LogP contribution in [-0.4, -0.2) is 9.97 Å². The van der Waals surface area contributed by atoms with Crippen molar-refractivity contribution in [2.75, 3.05) is 5.73 Å². The van der Waals surface area contributed by atoms with Crippen LogP contribution < -0.4 is 5.73 Å². The van der Waals surface area contributed by atoms with Gasteiger partial charge in [0.15, 0.2) is 0 Å². The Hall–Kier alpha value is -1.68. The molecule has 16 heavy (non-hydrogen) atoms. The molecule has 0 saturated carbocycles. The summed E-state index contributed by atoms with van der Waals surface area (Å²) in [6.07, 6.45) is 1.52. The summed E-state index contributed by atoms with van der Waals surface area (Å²) in [7, 11) is 0. The average molecular weight is 238 g/mol. The van der Waals surface area contributed by atoms with Crippen LogP contribution in [0, 0.1) is 12.7 Å². The van der Waals surface area contributed by atoms with E-state index in [4.69, 9.17) is 17.3 Å². The van der Waals surface area contributed by atoms with E-state index in [0.717, 1.165) is 0 Å². The highest BCUT2D eigenvalue weighted by Gasteiger charge is 2.07. The van der Waals surface area contributed by atoms with Gasteiger partial charge in [-0.1, -0.05) is 11.6 Å².